The lowest BCUT2D eigenvalue weighted by atomic mass is 9.96. The molecule has 1 saturated heterocycles. The summed E-state index contributed by atoms with van der Waals surface area (Å²) in [5.74, 6) is -2.55. The van der Waals surface area contributed by atoms with E-state index in [9.17, 15) is 26.7 Å². The van der Waals surface area contributed by atoms with Gasteiger partial charge in [-0.05, 0) is 18.2 Å². The van der Waals surface area contributed by atoms with E-state index in [1.165, 1.54) is 18.2 Å². The van der Waals surface area contributed by atoms with E-state index in [-0.39, 0.29) is 12.2 Å². The van der Waals surface area contributed by atoms with Crippen molar-refractivity contribution in [2.24, 2.45) is 0 Å². The second-order valence-electron chi connectivity index (χ2n) is 5.54. The number of amides is 1. The fourth-order valence-corrected chi connectivity index (χ4v) is 2.62. The van der Waals surface area contributed by atoms with Crippen molar-refractivity contribution in [2.75, 3.05) is 6.61 Å². The van der Waals surface area contributed by atoms with Gasteiger partial charge in [0.25, 0.3) is 5.91 Å². The average molecular weight is 357 g/mol. The van der Waals surface area contributed by atoms with E-state index in [1.54, 1.807) is 0 Å². The van der Waals surface area contributed by atoms with Crippen molar-refractivity contribution >= 4 is 5.91 Å². The lowest BCUT2D eigenvalue weighted by molar-refractivity contribution is -0.138. The van der Waals surface area contributed by atoms with Gasteiger partial charge in [0.15, 0.2) is 0 Å². The highest BCUT2D eigenvalue weighted by Gasteiger charge is 2.39. The van der Waals surface area contributed by atoms with E-state index in [2.05, 4.69) is 5.32 Å². The highest BCUT2D eigenvalue weighted by Crippen LogP contribution is 2.34. The van der Waals surface area contributed by atoms with E-state index in [1.807, 2.05) is 0 Å². The molecule has 0 radical (unpaired) electrons. The van der Waals surface area contributed by atoms with Gasteiger partial charge in [-0.3, -0.25) is 4.79 Å². The van der Waals surface area contributed by atoms with Crippen LogP contribution in [0.3, 0.4) is 0 Å². The standard InChI is InChI=1S/C17H12F5NO2/c18-9-5-6-11(13(19)7-9)15-14(8-25-15)23-16(24)10-3-1-2-4-12(10)17(20,21)22/h1-7,14-15H,8H2,(H,23,24)/t14-,15-/m1/s1. The first kappa shape index (κ1) is 17.3. The summed E-state index contributed by atoms with van der Waals surface area (Å²) in [6, 6.07) is 6.55. The fraction of sp³-hybridized carbons (Fsp3) is 0.235. The molecule has 2 aromatic rings. The van der Waals surface area contributed by atoms with E-state index in [0.29, 0.717) is 6.07 Å². The number of benzene rings is 2. The van der Waals surface area contributed by atoms with Gasteiger partial charge in [0, 0.05) is 11.6 Å². The summed E-state index contributed by atoms with van der Waals surface area (Å²) in [6.07, 6.45) is -5.56. The Morgan fingerprint density at radius 3 is 2.44 bits per heavy atom. The van der Waals surface area contributed by atoms with Crippen molar-refractivity contribution in [3.05, 3.63) is 70.8 Å². The van der Waals surface area contributed by atoms with Crippen LogP contribution in [0.2, 0.25) is 0 Å². The first-order valence-electron chi connectivity index (χ1n) is 7.31. The molecule has 1 fully saturated rings. The Morgan fingerprint density at radius 1 is 1.12 bits per heavy atom. The second kappa shape index (κ2) is 6.44. The van der Waals surface area contributed by atoms with Crippen LogP contribution in [0.1, 0.15) is 27.6 Å². The SMILES string of the molecule is O=C(N[C@@H]1CO[C@@H]1c1ccc(F)cc1F)c1ccccc1C(F)(F)F. The molecule has 0 aromatic heterocycles. The fourth-order valence-electron chi connectivity index (χ4n) is 2.62. The third-order valence-electron chi connectivity index (χ3n) is 3.88. The minimum absolute atomic E-state index is 0.0153. The molecule has 1 aliphatic rings. The van der Waals surface area contributed by atoms with Gasteiger partial charge in [0.2, 0.25) is 0 Å². The molecule has 0 spiro atoms. The number of nitrogens with one attached hydrogen (secondary N) is 1. The molecule has 1 aliphatic heterocycles. The van der Waals surface area contributed by atoms with Crippen LogP contribution in [0, 0.1) is 11.6 Å². The number of alkyl halides is 3. The zero-order valence-electron chi connectivity index (χ0n) is 12.6. The molecular weight excluding hydrogens is 345 g/mol. The molecule has 0 saturated carbocycles. The van der Waals surface area contributed by atoms with E-state index >= 15 is 0 Å². The number of carbonyl (C=O) groups excluding carboxylic acids is 1. The van der Waals surface area contributed by atoms with Crippen molar-refractivity contribution < 1.29 is 31.5 Å². The molecular formula is C17H12F5NO2. The number of carbonyl (C=O) groups is 1. The Morgan fingerprint density at radius 2 is 1.84 bits per heavy atom. The van der Waals surface area contributed by atoms with Gasteiger partial charge in [-0.1, -0.05) is 18.2 Å². The molecule has 0 unspecified atom stereocenters. The molecule has 3 nitrogen and oxygen atoms in total. The molecule has 8 heteroatoms. The van der Waals surface area contributed by atoms with E-state index in [4.69, 9.17) is 4.74 Å². The summed E-state index contributed by atoms with van der Waals surface area (Å²) in [4.78, 5) is 12.2. The van der Waals surface area contributed by atoms with Crippen LogP contribution in [0.5, 0.6) is 0 Å². The van der Waals surface area contributed by atoms with Gasteiger partial charge in [0.05, 0.1) is 23.8 Å². The zero-order valence-corrected chi connectivity index (χ0v) is 12.6. The van der Waals surface area contributed by atoms with Crippen LogP contribution in [-0.2, 0) is 10.9 Å². The summed E-state index contributed by atoms with van der Waals surface area (Å²) in [7, 11) is 0. The molecule has 132 valence electrons. The highest BCUT2D eigenvalue weighted by atomic mass is 19.4. The number of ether oxygens (including phenoxy) is 1. The normalized spacial score (nSPS) is 20.0. The number of hydrogen-bond acceptors (Lipinski definition) is 2. The predicted octanol–water partition coefficient (Wildman–Crippen LogP) is 3.85. The summed E-state index contributed by atoms with van der Waals surface area (Å²) in [6.45, 7) is 0.0153. The monoisotopic (exact) mass is 357 g/mol. The highest BCUT2D eigenvalue weighted by molar-refractivity contribution is 5.96. The van der Waals surface area contributed by atoms with Gasteiger partial charge in [0.1, 0.15) is 17.7 Å². The first-order chi connectivity index (χ1) is 11.8. The molecule has 25 heavy (non-hydrogen) atoms. The summed E-state index contributed by atoms with van der Waals surface area (Å²) < 4.78 is 70.9. The predicted molar refractivity (Wildman–Crippen MR) is 77.7 cm³/mol. The minimum Gasteiger partial charge on any atom is -0.369 e. The molecule has 2 aromatic carbocycles. The Hall–Kier alpha value is -2.48. The van der Waals surface area contributed by atoms with Crippen LogP contribution in [0.4, 0.5) is 22.0 Å². The smallest absolute Gasteiger partial charge is 0.369 e. The quantitative estimate of drug-likeness (QED) is 0.848. The molecule has 0 bridgehead atoms. The van der Waals surface area contributed by atoms with Crippen molar-refractivity contribution in [3.8, 4) is 0 Å². The lowest BCUT2D eigenvalue weighted by Crippen LogP contribution is -2.51. The third kappa shape index (κ3) is 3.48. The summed E-state index contributed by atoms with van der Waals surface area (Å²) in [5.41, 5.74) is -1.56. The maximum atomic E-state index is 13.8. The van der Waals surface area contributed by atoms with Crippen LogP contribution in [0.15, 0.2) is 42.5 Å². The Bertz CT molecular complexity index is 806. The largest absolute Gasteiger partial charge is 0.417 e. The third-order valence-corrected chi connectivity index (χ3v) is 3.88. The van der Waals surface area contributed by atoms with Crippen molar-refractivity contribution in [2.45, 2.75) is 18.3 Å². The maximum absolute atomic E-state index is 13.8. The Balaban J connectivity index is 1.78. The van der Waals surface area contributed by atoms with E-state index in [0.717, 1.165) is 18.2 Å². The number of hydrogen-bond donors (Lipinski definition) is 1. The summed E-state index contributed by atoms with van der Waals surface area (Å²) >= 11 is 0. The average Bonchev–Trinajstić information content (AvgIpc) is 2.53. The topological polar surface area (TPSA) is 38.3 Å². The summed E-state index contributed by atoms with van der Waals surface area (Å²) in [5, 5.41) is 2.41. The first-order valence-corrected chi connectivity index (χ1v) is 7.31. The van der Waals surface area contributed by atoms with Crippen molar-refractivity contribution in [1.82, 2.24) is 5.32 Å². The zero-order chi connectivity index (χ0) is 18.2. The van der Waals surface area contributed by atoms with Gasteiger partial charge in [-0.2, -0.15) is 13.2 Å². The van der Waals surface area contributed by atoms with E-state index < -0.39 is 47.0 Å². The number of rotatable bonds is 3. The van der Waals surface area contributed by atoms with Crippen LogP contribution in [0.25, 0.3) is 0 Å². The molecule has 3 rings (SSSR count). The van der Waals surface area contributed by atoms with Crippen LogP contribution in [-0.4, -0.2) is 18.6 Å². The van der Waals surface area contributed by atoms with Crippen molar-refractivity contribution in [3.63, 3.8) is 0 Å². The van der Waals surface area contributed by atoms with Gasteiger partial charge < -0.3 is 10.1 Å². The molecule has 2 atom stereocenters. The Kier molecular flexibility index (Phi) is 4.47. The van der Waals surface area contributed by atoms with Crippen molar-refractivity contribution in [1.29, 1.82) is 0 Å². The minimum atomic E-state index is -4.67. The lowest BCUT2D eigenvalue weighted by Gasteiger charge is -2.37. The van der Waals surface area contributed by atoms with Gasteiger partial charge in [-0.25, -0.2) is 8.78 Å². The van der Waals surface area contributed by atoms with Gasteiger partial charge in [-0.15, -0.1) is 0 Å². The molecule has 1 amide bonds. The molecule has 1 N–H and O–H groups in total. The van der Waals surface area contributed by atoms with Crippen LogP contribution >= 0.6 is 0 Å². The number of halogens is 5. The molecule has 1 heterocycles. The maximum Gasteiger partial charge on any atom is 0.417 e. The van der Waals surface area contributed by atoms with Gasteiger partial charge >= 0.3 is 6.18 Å². The Labute approximate surface area is 139 Å². The van der Waals surface area contributed by atoms with Crippen LogP contribution < -0.4 is 5.32 Å². The second-order valence-corrected chi connectivity index (χ2v) is 5.54. The molecule has 0 aliphatic carbocycles.